The van der Waals surface area contributed by atoms with Crippen molar-refractivity contribution in [2.24, 2.45) is 0 Å². The van der Waals surface area contributed by atoms with Crippen molar-refractivity contribution in [2.75, 3.05) is 18.1 Å². The van der Waals surface area contributed by atoms with Crippen LogP contribution in [-0.4, -0.2) is 62.3 Å². The summed E-state index contributed by atoms with van der Waals surface area (Å²) >= 11 is 3.65. The Morgan fingerprint density at radius 1 is 1.00 bits per heavy atom. The van der Waals surface area contributed by atoms with Gasteiger partial charge >= 0.3 is 0 Å². The Balaban J connectivity index is 1.96. The molecule has 0 amide bonds. The van der Waals surface area contributed by atoms with Gasteiger partial charge in [0.1, 0.15) is 6.10 Å². The van der Waals surface area contributed by atoms with Gasteiger partial charge in [0.25, 0.3) is 0 Å². The summed E-state index contributed by atoms with van der Waals surface area (Å²) in [6, 6.07) is -0.112. The molecule has 4 N–H and O–H groups in total. The van der Waals surface area contributed by atoms with Crippen LogP contribution in [0.2, 0.25) is 0 Å². The number of thioether (sulfide) groups is 2. The molecule has 2 saturated heterocycles. The predicted octanol–water partition coefficient (Wildman–Crippen LogP) is -0.763. The first kappa shape index (κ1) is 12.0. The highest BCUT2D eigenvalue weighted by Crippen LogP contribution is 2.35. The summed E-state index contributed by atoms with van der Waals surface area (Å²) in [5, 5.41) is 31.9. The Kier molecular flexibility index (Phi) is 4.20. The number of rotatable bonds is 1. The predicted molar refractivity (Wildman–Crippen MR) is 63.1 cm³/mol. The molecule has 2 rings (SSSR count). The van der Waals surface area contributed by atoms with Crippen molar-refractivity contribution in [2.45, 2.75) is 35.4 Å². The van der Waals surface area contributed by atoms with E-state index in [1.54, 1.807) is 0 Å². The third kappa shape index (κ3) is 2.62. The Bertz CT molecular complexity index is 212. The number of nitrogens with one attached hydrogen (secondary N) is 1. The zero-order chi connectivity index (χ0) is 10.8. The molecule has 6 heteroatoms. The van der Waals surface area contributed by atoms with Gasteiger partial charge in [0.05, 0.1) is 22.8 Å². The summed E-state index contributed by atoms with van der Waals surface area (Å²) < 4.78 is 0.288. The highest BCUT2D eigenvalue weighted by molar-refractivity contribution is 8.17. The molecule has 0 radical (unpaired) electrons. The van der Waals surface area contributed by atoms with E-state index >= 15 is 0 Å². The lowest BCUT2D eigenvalue weighted by atomic mass is 9.97. The topological polar surface area (TPSA) is 72.7 Å². The molecule has 2 fully saturated rings. The molecule has 0 aromatic carbocycles. The van der Waals surface area contributed by atoms with Gasteiger partial charge in [0.15, 0.2) is 0 Å². The normalized spacial score (nSPS) is 44.2. The lowest BCUT2D eigenvalue weighted by Crippen LogP contribution is -2.62. The SMILES string of the molecule is O[C@H]1[C@H](O)[C@@H](C2SCCCS2)NC[C@H]1O. The van der Waals surface area contributed by atoms with Crippen LogP contribution >= 0.6 is 23.5 Å². The molecule has 0 bridgehead atoms. The number of β-amino-alcohol motifs (C(OH)–C–C–N with tert-alkyl or cyclic N) is 1. The van der Waals surface area contributed by atoms with E-state index in [9.17, 15) is 15.3 Å². The minimum absolute atomic E-state index is 0.112. The molecule has 0 aromatic heterocycles. The zero-order valence-corrected chi connectivity index (χ0v) is 10.0. The van der Waals surface area contributed by atoms with Crippen LogP contribution in [0.15, 0.2) is 0 Å². The van der Waals surface area contributed by atoms with E-state index < -0.39 is 18.3 Å². The quantitative estimate of drug-likeness (QED) is 0.491. The second-order valence-corrected chi connectivity index (χ2v) is 6.74. The summed E-state index contributed by atoms with van der Waals surface area (Å²) in [5.74, 6) is 2.22. The third-order valence-electron chi connectivity index (χ3n) is 2.82. The van der Waals surface area contributed by atoms with E-state index in [1.807, 2.05) is 23.5 Å². The minimum Gasteiger partial charge on any atom is -0.389 e. The summed E-state index contributed by atoms with van der Waals surface area (Å²) in [7, 11) is 0. The van der Waals surface area contributed by atoms with Crippen LogP contribution in [0.5, 0.6) is 0 Å². The maximum absolute atomic E-state index is 9.86. The first-order chi connectivity index (χ1) is 7.20. The van der Waals surface area contributed by atoms with Crippen LogP contribution in [0.1, 0.15) is 6.42 Å². The van der Waals surface area contributed by atoms with Crippen molar-refractivity contribution < 1.29 is 15.3 Å². The van der Waals surface area contributed by atoms with Crippen LogP contribution < -0.4 is 5.32 Å². The first-order valence-corrected chi connectivity index (χ1v) is 7.30. The van der Waals surface area contributed by atoms with Crippen LogP contribution in [0, 0.1) is 0 Å². The van der Waals surface area contributed by atoms with Gasteiger partial charge in [0.2, 0.25) is 0 Å². The van der Waals surface area contributed by atoms with E-state index in [1.165, 1.54) is 6.42 Å². The number of hydrogen-bond acceptors (Lipinski definition) is 6. The first-order valence-electron chi connectivity index (χ1n) is 5.21. The second-order valence-electron chi connectivity index (χ2n) is 3.95. The van der Waals surface area contributed by atoms with E-state index in [4.69, 9.17) is 0 Å². The molecule has 0 saturated carbocycles. The molecule has 2 heterocycles. The molecule has 2 aliphatic heterocycles. The Hall–Kier alpha value is 0.540. The number of aliphatic hydroxyl groups excluding tert-OH is 3. The smallest absolute Gasteiger partial charge is 0.109 e. The maximum Gasteiger partial charge on any atom is 0.109 e. The van der Waals surface area contributed by atoms with Gasteiger partial charge in [-0.1, -0.05) is 0 Å². The van der Waals surface area contributed by atoms with E-state index in [0.29, 0.717) is 6.54 Å². The number of aliphatic hydroxyl groups is 3. The van der Waals surface area contributed by atoms with Crippen molar-refractivity contribution in [3.8, 4) is 0 Å². The molecule has 0 aromatic rings. The van der Waals surface area contributed by atoms with Gasteiger partial charge in [-0.15, -0.1) is 23.5 Å². The fourth-order valence-electron chi connectivity index (χ4n) is 1.91. The molecule has 0 unspecified atom stereocenters. The monoisotopic (exact) mass is 251 g/mol. The van der Waals surface area contributed by atoms with Crippen molar-refractivity contribution in [3.63, 3.8) is 0 Å². The maximum atomic E-state index is 9.86. The minimum atomic E-state index is -1.01. The van der Waals surface area contributed by atoms with Crippen LogP contribution in [0.25, 0.3) is 0 Å². The van der Waals surface area contributed by atoms with Crippen molar-refractivity contribution >= 4 is 23.5 Å². The van der Waals surface area contributed by atoms with Crippen molar-refractivity contribution in [3.05, 3.63) is 0 Å². The Morgan fingerprint density at radius 2 is 1.67 bits per heavy atom. The van der Waals surface area contributed by atoms with Crippen molar-refractivity contribution in [1.29, 1.82) is 0 Å². The van der Waals surface area contributed by atoms with E-state index in [0.717, 1.165) is 11.5 Å². The third-order valence-corrected chi connectivity index (χ3v) is 5.93. The van der Waals surface area contributed by atoms with Crippen LogP contribution in [0.3, 0.4) is 0 Å². The fourth-order valence-corrected chi connectivity index (χ4v) is 5.07. The largest absolute Gasteiger partial charge is 0.389 e. The van der Waals surface area contributed by atoms with Gasteiger partial charge < -0.3 is 20.6 Å². The van der Waals surface area contributed by atoms with Crippen LogP contribution in [0.4, 0.5) is 0 Å². The van der Waals surface area contributed by atoms with E-state index in [2.05, 4.69) is 5.32 Å². The molecule has 0 spiro atoms. The second kappa shape index (κ2) is 5.25. The standard InChI is InChI=1S/C9H17NO3S2/c11-5-4-10-6(8(13)7(5)12)9-14-2-1-3-15-9/h5-13H,1-4H2/t5-,6+,7-,8-/m1/s1. The summed E-state index contributed by atoms with van der Waals surface area (Å²) in [4.78, 5) is 0. The van der Waals surface area contributed by atoms with Crippen LogP contribution in [-0.2, 0) is 0 Å². The number of hydrogen-bond donors (Lipinski definition) is 4. The highest BCUT2D eigenvalue weighted by atomic mass is 32.2. The average Bonchev–Trinajstić information content (AvgIpc) is 2.27. The molecule has 88 valence electrons. The zero-order valence-electron chi connectivity index (χ0n) is 8.37. The fraction of sp³-hybridized carbons (Fsp3) is 1.00. The average molecular weight is 251 g/mol. The number of piperidine rings is 1. The van der Waals surface area contributed by atoms with Gasteiger partial charge in [-0.3, -0.25) is 0 Å². The Morgan fingerprint density at radius 3 is 2.33 bits per heavy atom. The lowest BCUT2D eigenvalue weighted by molar-refractivity contribution is -0.0913. The van der Waals surface area contributed by atoms with Gasteiger partial charge in [-0.25, -0.2) is 0 Å². The van der Waals surface area contributed by atoms with Crippen molar-refractivity contribution in [1.82, 2.24) is 5.32 Å². The molecule has 2 aliphatic rings. The molecular formula is C9H17NO3S2. The molecule has 15 heavy (non-hydrogen) atoms. The van der Waals surface area contributed by atoms with Gasteiger partial charge in [-0.2, -0.15) is 0 Å². The molecule has 4 atom stereocenters. The Labute approximate surface area is 97.8 Å². The summed E-state index contributed by atoms with van der Waals surface area (Å²) in [6.07, 6.45) is -1.52. The summed E-state index contributed by atoms with van der Waals surface area (Å²) in [6.45, 7) is 0.362. The van der Waals surface area contributed by atoms with Gasteiger partial charge in [0, 0.05) is 6.54 Å². The summed E-state index contributed by atoms with van der Waals surface area (Å²) in [5.41, 5.74) is 0. The van der Waals surface area contributed by atoms with Gasteiger partial charge in [-0.05, 0) is 17.9 Å². The lowest BCUT2D eigenvalue weighted by Gasteiger charge is -2.40. The molecular weight excluding hydrogens is 234 g/mol. The highest BCUT2D eigenvalue weighted by Gasteiger charge is 2.40. The molecule has 4 nitrogen and oxygen atoms in total. The molecule has 0 aliphatic carbocycles. The van der Waals surface area contributed by atoms with E-state index in [-0.39, 0.29) is 10.6 Å².